The van der Waals surface area contributed by atoms with E-state index in [1.165, 1.54) is 0 Å². The highest BCUT2D eigenvalue weighted by molar-refractivity contribution is 6.49. The molecule has 2 aliphatic rings. The van der Waals surface area contributed by atoms with Crippen LogP contribution in [0.25, 0.3) is 0 Å². The van der Waals surface area contributed by atoms with Gasteiger partial charge in [0.25, 0.3) is 0 Å². The lowest BCUT2D eigenvalue weighted by Crippen LogP contribution is -2.30. The summed E-state index contributed by atoms with van der Waals surface area (Å²) >= 11 is 0. The van der Waals surface area contributed by atoms with Gasteiger partial charge in [0, 0.05) is 18.1 Å². The fourth-order valence-corrected chi connectivity index (χ4v) is 3.19. The van der Waals surface area contributed by atoms with E-state index in [1.54, 1.807) is 12.1 Å². The van der Waals surface area contributed by atoms with Gasteiger partial charge in [-0.25, -0.2) is 0 Å². The highest BCUT2D eigenvalue weighted by atomic mass is 16.7. The third-order valence-electron chi connectivity index (χ3n) is 4.17. The van der Waals surface area contributed by atoms with Gasteiger partial charge in [0.1, 0.15) is 17.9 Å². The molecular formula is C17H23BO7. The molecule has 1 saturated heterocycles. The molecule has 1 aromatic rings. The maximum atomic E-state index is 11.1. The number of aliphatic hydroxyl groups is 1. The van der Waals surface area contributed by atoms with Crippen LogP contribution < -0.4 is 14.9 Å². The van der Waals surface area contributed by atoms with Crippen LogP contribution in [0.1, 0.15) is 45.1 Å². The molecule has 0 radical (unpaired) electrons. The topological polar surface area (TPSA) is 94.5 Å². The Labute approximate surface area is 147 Å². The highest BCUT2D eigenvalue weighted by Crippen LogP contribution is 2.39. The van der Waals surface area contributed by atoms with Gasteiger partial charge in [-0.05, 0) is 38.2 Å². The number of carboxylic acid groups (broad SMARTS) is 1. The molecule has 0 aromatic heterocycles. The summed E-state index contributed by atoms with van der Waals surface area (Å²) in [5.74, 6) is -2.11. The van der Waals surface area contributed by atoms with E-state index < -0.39 is 18.2 Å². The zero-order valence-corrected chi connectivity index (χ0v) is 14.5. The van der Waals surface area contributed by atoms with E-state index in [4.69, 9.17) is 24.0 Å². The molecule has 136 valence electrons. The van der Waals surface area contributed by atoms with E-state index in [2.05, 4.69) is 0 Å². The average Bonchev–Trinajstić information content (AvgIpc) is 2.84. The Hall–Kier alpha value is -1.77. The van der Waals surface area contributed by atoms with Crippen molar-refractivity contribution in [2.75, 3.05) is 6.61 Å². The second-order valence-corrected chi connectivity index (χ2v) is 6.68. The quantitative estimate of drug-likeness (QED) is 0.740. The summed E-state index contributed by atoms with van der Waals surface area (Å²) in [5.41, 5.74) is 1.02. The van der Waals surface area contributed by atoms with Gasteiger partial charge >= 0.3 is 13.5 Å². The Balaban J connectivity index is 1.92. The van der Waals surface area contributed by atoms with Gasteiger partial charge in [0.15, 0.2) is 12.1 Å². The Morgan fingerprint density at radius 1 is 1.44 bits per heavy atom. The van der Waals surface area contributed by atoms with Crippen LogP contribution >= 0.6 is 0 Å². The molecule has 8 heteroatoms. The fourth-order valence-electron chi connectivity index (χ4n) is 3.19. The van der Waals surface area contributed by atoms with Gasteiger partial charge in [-0.1, -0.05) is 0 Å². The minimum atomic E-state index is -1.90. The Morgan fingerprint density at radius 3 is 2.88 bits per heavy atom. The Morgan fingerprint density at radius 2 is 2.24 bits per heavy atom. The van der Waals surface area contributed by atoms with Crippen LogP contribution in [0.2, 0.25) is 0 Å². The van der Waals surface area contributed by atoms with Gasteiger partial charge in [0.05, 0.1) is 12.7 Å². The van der Waals surface area contributed by atoms with Crippen molar-refractivity contribution in [3.8, 4) is 11.5 Å². The second kappa shape index (κ2) is 7.23. The molecule has 0 amide bonds. The molecule has 2 aliphatic heterocycles. The minimum Gasteiger partial charge on any atom is -0.490 e. The van der Waals surface area contributed by atoms with Crippen LogP contribution in [0.3, 0.4) is 0 Å². The predicted octanol–water partition coefficient (Wildman–Crippen LogP) is 1.01. The molecule has 0 saturated carbocycles. The molecule has 25 heavy (non-hydrogen) atoms. The number of fused-ring (bicyclic) bond motifs is 1. The lowest BCUT2D eigenvalue weighted by atomic mass is 9.85. The maximum Gasteiger partial charge on any atom is 0.313 e. The number of hydrogen-bond acceptors (Lipinski definition) is 6. The number of rotatable bonds is 6. The number of carbonyl (C=O) groups is 1. The van der Waals surface area contributed by atoms with Crippen molar-refractivity contribution < 1.29 is 33.9 Å². The van der Waals surface area contributed by atoms with E-state index in [1.807, 2.05) is 13.8 Å². The van der Waals surface area contributed by atoms with Crippen LogP contribution in [0.5, 0.6) is 11.5 Å². The van der Waals surface area contributed by atoms with Gasteiger partial charge in [-0.2, -0.15) is 0 Å². The van der Waals surface area contributed by atoms with Crippen LogP contribution in [-0.4, -0.2) is 42.7 Å². The molecular weight excluding hydrogens is 327 g/mol. The SMILES string of the molecule is CC(C)Oc1cc(OC2CCCCO2)cc2c1C(O)(CC(=O)O)OB2. The van der Waals surface area contributed by atoms with Crippen LogP contribution in [0.15, 0.2) is 12.1 Å². The zero-order chi connectivity index (χ0) is 18.0. The molecule has 2 N–H and O–H groups in total. The molecule has 7 nitrogen and oxygen atoms in total. The number of hydrogen-bond donors (Lipinski definition) is 2. The molecule has 3 rings (SSSR count). The third-order valence-corrected chi connectivity index (χ3v) is 4.17. The van der Waals surface area contributed by atoms with Crippen molar-refractivity contribution in [1.29, 1.82) is 0 Å². The van der Waals surface area contributed by atoms with Crippen LogP contribution in [-0.2, 0) is 20.0 Å². The summed E-state index contributed by atoms with van der Waals surface area (Å²) in [6.45, 7) is 4.39. The predicted molar refractivity (Wildman–Crippen MR) is 90.4 cm³/mol. The number of carboxylic acids is 1. The second-order valence-electron chi connectivity index (χ2n) is 6.68. The van der Waals surface area contributed by atoms with Crippen molar-refractivity contribution in [1.82, 2.24) is 0 Å². The number of aliphatic carboxylic acids is 1. The fraction of sp³-hybridized carbons (Fsp3) is 0.588. The smallest absolute Gasteiger partial charge is 0.313 e. The van der Waals surface area contributed by atoms with Crippen molar-refractivity contribution in [2.24, 2.45) is 0 Å². The molecule has 1 aromatic carbocycles. The number of benzene rings is 1. The third kappa shape index (κ3) is 4.08. The van der Waals surface area contributed by atoms with Gasteiger partial charge in [-0.15, -0.1) is 0 Å². The number of ether oxygens (including phenoxy) is 3. The van der Waals surface area contributed by atoms with Crippen LogP contribution in [0.4, 0.5) is 0 Å². The normalized spacial score (nSPS) is 25.4. The van der Waals surface area contributed by atoms with E-state index in [0.717, 1.165) is 19.3 Å². The van der Waals surface area contributed by atoms with Crippen LogP contribution in [0, 0.1) is 0 Å². The summed E-state index contributed by atoms with van der Waals surface area (Å²) in [4.78, 5) is 11.1. The van der Waals surface area contributed by atoms with Gasteiger partial charge in [0.2, 0.25) is 0 Å². The Bertz CT molecular complexity index is 642. The van der Waals surface area contributed by atoms with E-state index >= 15 is 0 Å². The first-order valence-electron chi connectivity index (χ1n) is 8.58. The first-order valence-corrected chi connectivity index (χ1v) is 8.58. The molecule has 1 fully saturated rings. The first-order chi connectivity index (χ1) is 11.9. The van der Waals surface area contributed by atoms with Crippen molar-refractivity contribution in [2.45, 2.75) is 57.7 Å². The van der Waals surface area contributed by atoms with Crippen molar-refractivity contribution >= 4 is 18.9 Å². The summed E-state index contributed by atoms with van der Waals surface area (Å²) in [5, 5.41) is 19.8. The first kappa shape index (κ1) is 18.0. The average molecular weight is 350 g/mol. The van der Waals surface area contributed by atoms with E-state index in [-0.39, 0.29) is 19.9 Å². The van der Waals surface area contributed by atoms with Gasteiger partial charge < -0.3 is 29.1 Å². The molecule has 0 bridgehead atoms. The molecule has 2 atom stereocenters. The molecule has 2 unspecified atom stereocenters. The van der Waals surface area contributed by atoms with E-state index in [9.17, 15) is 9.90 Å². The minimum absolute atomic E-state index is 0.0935. The lowest BCUT2D eigenvalue weighted by Gasteiger charge is -2.27. The molecule has 0 aliphatic carbocycles. The summed E-state index contributed by atoms with van der Waals surface area (Å²) in [7, 11) is 0.0935. The largest absolute Gasteiger partial charge is 0.490 e. The van der Waals surface area contributed by atoms with Gasteiger partial charge in [-0.3, -0.25) is 4.79 Å². The van der Waals surface area contributed by atoms with Crippen molar-refractivity contribution in [3.05, 3.63) is 17.7 Å². The highest BCUT2D eigenvalue weighted by Gasteiger charge is 2.44. The maximum absolute atomic E-state index is 11.1. The monoisotopic (exact) mass is 350 g/mol. The summed E-state index contributed by atoms with van der Waals surface area (Å²) in [6.07, 6.45) is 1.88. The zero-order valence-electron chi connectivity index (χ0n) is 14.5. The standard InChI is InChI=1S/C17H23BO7/c1-10(2)23-13-8-11(24-15-5-3-4-6-22-15)7-12-16(13)17(21,25-18-12)9-14(19)20/h7-8,10,15,18,21H,3-6,9H2,1-2H3,(H,19,20). The molecule has 2 heterocycles. The van der Waals surface area contributed by atoms with E-state index in [0.29, 0.717) is 29.1 Å². The summed E-state index contributed by atoms with van der Waals surface area (Å²) in [6, 6.07) is 3.42. The Kier molecular flexibility index (Phi) is 5.22. The lowest BCUT2D eigenvalue weighted by molar-refractivity contribution is -0.170. The van der Waals surface area contributed by atoms with Crippen molar-refractivity contribution in [3.63, 3.8) is 0 Å². The summed E-state index contributed by atoms with van der Waals surface area (Å²) < 4.78 is 22.7. The molecule has 0 spiro atoms.